The van der Waals surface area contributed by atoms with Crippen LogP contribution in [-0.4, -0.2) is 71.7 Å². The highest BCUT2D eigenvalue weighted by Gasteiger charge is 2.69. The Labute approximate surface area is 266 Å². The smallest absolute Gasteiger partial charge is 0.315 e. The van der Waals surface area contributed by atoms with Gasteiger partial charge in [-0.05, 0) is 72.8 Å². The number of piperidine rings is 1. The van der Waals surface area contributed by atoms with Crippen LogP contribution in [0.4, 0.5) is 4.79 Å². The molecule has 1 heterocycles. The van der Waals surface area contributed by atoms with E-state index in [9.17, 15) is 24.0 Å². The number of hydrogen-bond donors (Lipinski definition) is 4. The molecule has 2 fully saturated rings. The summed E-state index contributed by atoms with van der Waals surface area (Å²) < 4.78 is 0. The summed E-state index contributed by atoms with van der Waals surface area (Å²) in [7, 11) is 0. The second-order valence-corrected chi connectivity index (χ2v) is 13.2. The number of likely N-dealkylation sites (tertiary alicyclic amines) is 1. The van der Waals surface area contributed by atoms with Crippen molar-refractivity contribution < 1.29 is 24.0 Å². The first-order valence-electron chi connectivity index (χ1n) is 16.3. The lowest BCUT2D eigenvalue weighted by atomic mass is 9.93. The second kappa shape index (κ2) is 14.4. The monoisotopic (exact) mass is 619 g/mol. The maximum absolute atomic E-state index is 14.5. The van der Waals surface area contributed by atoms with Gasteiger partial charge in [-0.15, -0.1) is 13.2 Å². The highest BCUT2D eigenvalue weighted by Crippen LogP contribution is 2.65. The van der Waals surface area contributed by atoms with Crippen LogP contribution >= 0.6 is 0 Å². The van der Waals surface area contributed by atoms with E-state index in [2.05, 4.69) is 60.4 Å². The molecule has 10 heteroatoms. The van der Waals surface area contributed by atoms with Crippen LogP contribution in [-0.2, 0) is 32.0 Å². The molecule has 5 atom stereocenters. The normalized spacial score (nSPS) is 22.4. The predicted molar refractivity (Wildman–Crippen MR) is 173 cm³/mol. The Morgan fingerprint density at radius 1 is 0.978 bits per heavy atom. The molecule has 1 saturated carbocycles. The van der Waals surface area contributed by atoms with Crippen LogP contribution < -0.4 is 21.3 Å². The number of amides is 5. The fourth-order valence-corrected chi connectivity index (χ4v) is 7.28. The Hall–Kier alpha value is -3.95. The van der Waals surface area contributed by atoms with Crippen LogP contribution in [0.5, 0.6) is 0 Å². The minimum absolute atomic E-state index is 0.0194. The molecule has 0 aromatic heterocycles. The first-order valence-corrected chi connectivity index (χ1v) is 16.3. The van der Waals surface area contributed by atoms with Gasteiger partial charge in [0.15, 0.2) is 0 Å². The third kappa shape index (κ3) is 7.31. The van der Waals surface area contributed by atoms with Crippen molar-refractivity contribution in [2.24, 2.45) is 23.2 Å². The summed E-state index contributed by atoms with van der Waals surface area (Å²) in [5, 5.41) is 11.3. The molecule has 0 bridgehead atoms. The third-order valence-corrected chi connectivity index (χ3v) is 10.1. The number of urea groups is 1. The summed E-state index contributed by atoms with van der Waals surface area (Å²) in [4.78, 5) is 68.9. The number of Topliss-reactive ketones (excluding diaryl/α,β-unsaturated/α-hetero) is 1. The number of nitrogens with zero attached hydrogens (tertiary/aromatic N) is 1. The predicted octanol–water partition coefficient (Wildman–Crippen LogP) is 3.06. The van der Waals surface area contributed by atoms with Crippen LogP contribution in [0.3, 0.4) is 0 Å². The van der Waals surface area contributed by atoms with E-state index in [-0.39, 0.29) is 48.1 Å². The standard InChI is InChI=1S/C35H49N5O5/c1-7-11-16-26(30(41)32(43)36-17-8-2)38-31(42)29-27-25(35(27,5)6)20-40(29)33(44)28(39-34(45)37-24(9-3)10-4)23-18-21-14-12-13-15-22(21)19-23/h7-8,12-15,23-29H,1-2,9-11,16-20H2,3-6H3,(H,36,43)(H,38,42)(H2,37,39,45)/t25-,26?,27-,28-,29-/m0/s1. The Kier molecular flexibility index (Phi) is 10.9. The zero-order valence-electron chi connectivity index (χ0n) is 27.1. The van der Waals surface area contributed by atoms with Crippen LogP contribution in [0, 0.1) is 23.2 Å². The number of fused-ring (bicyclic) bond motifs is 2. The molecule has 1 aromatic rings. The van der Waals surface area contributed by atoms with Gasteiger partial charge < -0.3 is 26.2 Å². The average Bonchev–Trinajstić information content (AvgIpc) is 3.39. The van der Waals surface area contributed by atoms with Crippen LogP contribution in [0.15, 0.2) is 49.6 Å². The molecule has 4 N–H and O–H groups in total. The van der Waals surface area contributed by atoms with Crippen molar-refractivity contribution in [2.75, 3.05) is 13.1 Å². The first kappa shape index (κ1) is 33.9. The molecule has 0 radical (unpaired) electrons. The number of benzene rings is 1. The van der Waals surface area contributed by atoms with Gasteiger partial charge in [0.25, 0.3) is 5.91 Å². The summed E-state index contributed by atoms with van der Waals surface area (Å²) in [6, 6.07) is 4.90. The number of nitrogens with one attached hydrogen (secondary N) is 4. The second-order valence-electron chi connectivity index (χ2n) is 13.2. The lowest BCUT2D eigenvalue weighted by molar-refractivity contribution is -0.144. The lowest BCUT2D eigenvalue weighted by Crippen LogP contribution is -2.60. The molecule has 4 rings (SSSR count). The summed E-state index contributed by atoms with van der Waals surface area (Å²) in [6.07, 6.45) is 6.52. The Morgan fingerprint density at radius 2 is 1.62 bits per heavy atom. The van der Waals surface area contributed by atoms with E-state index in [1.165, 1.54) is 6.08 Å². The van der Waals surface area contributed by atoms with Gasteiger partial charge in [0.1, 0.15) is 12.1 Å². The van der Waals surface area contributed by atoms with Gasteiger partial charge in [0.2, 0.25) is 17.6 Å². The summed E-state index contributed by atoms with van der Waals surface area (Å²) in [5.74, 6) is -2.49. The van der Waals surface area contributed by atoms with Gasteiger partial charge >= 0.3 is 6.03 Å². The molecule has 5 amide bonds. The molecule has 2 aliphatic carbocycles. The zero-order chi connectivity index (χ0) is 32.9. The quantitative estimate of drug-likeness (QED) is 0.177. The lowest BCUT2D eigenvalue weighted by Gasteiger charge is -2.35. The van der Waals surface area contributed by atoms with E-state index >= 15 is 0 Å². The third-order valence-electron chi connectivity index (χ3n) is 10.1. The topological polar surface area (TPSA) is 137 Å². The average molecular weight is 620 g/mol. The zero-order valence-corrected chi connectivity index (χ0v) is 27.1. The van der Waals surface area contributed by atoms with Gasteiger partial charge in [-0.25, -0.2) is 4.79 Å². The Bertz CT molecular complexity index is 1300. The minimum atomic E-state index is -1.07. The summed E-state index contributed by atoms with van der Waals surface area (Å²) in [6.45, 7) is 15.9. The minimum Gasteiger partial charge on any atom is -0.346 e. The van der Waals surface area contributed by atoms with Gasteiger partial charge in [-0.2, -0.15) is 0 Å². The largest absolute Gasteiger partial charge is 0.346 e. The molecule has 1 aliphatic heterocycles. The molecule has 244 valence electrons. The Morgan fingerprint density at radius 3 is 2.20 bits per heavy atom. The summed E-state index contributed by atoms with van der Waals surface area (Å²) in [5.41, 5.74) is 2.14. The number of allylic oxidation sites excluding steroid dienone is 1. The van der Waals surface area contributed by atoms with Crippen molar-refractivity contribution in [3.05, 3.63) is 60.7 Å². The maximum Gasteiger partial charge on any atom is 0.315 e. The van der Waals surface area contributed by atoms with E-state index in [0.717, 1.165) is 24.0 Å². The van der Waals surface area contributed by atoms with Crippen molar-refractivity contribution in [2.45, 2.75) is 90.4 Å². The molecule has 1 saturated heterocycles. The maximum atomic E-state index is 14.5. The van der Waals surface area contributed by atoms with Gasteiger partial charge in [-0.3, -0.25) is 19.2 Å². The molecule has 45 heavy (non-hydrogen) atoms. The van der Waals surface area contributed by atoms with Crippen LogP contribution in [0.1, 0.15) is 64.5 Å². The molecule has 0 spiro atoms. The van der Waals surface area contributed by atoms with E-state index < -0.39 is 41.8 Å². The SMILES string of the molecule is C=CCCC(NC(=O)[C@@H]1[C@@H]2[C@H](CN1C(=O)[C@@H](NC(=O)NC(CC)CC)C1Cc3ccccc3C1)C2(C)C)C(=O)C(=O)NCC=C. The molecular formula is C35H49N5O5. The number of hydrogen-bond acceptors (Lipinski definition) is 5. The van der Waals surface area contributed by atoms with E-state index in [1.807, 2.05) is 26.0 Å². The van der Waals surface area contributed by atoms with E-state index in [4.69, 9.17) is 0 Å². The Balaban J connectivity index is 1.59. The van der Waals surface area contributed by atoms with Crippen molar-refractivity contribution in [1.82, 2.24) is 26.2 Å². The highest BCUT2D eigenvalue weighted by molar-refractivity contribution is 6.38. The van der Waals surface area contributed by atoms with Crippen LogP contribution in [0.25, 0.3) is 0 Å². The highest BCUT2D eigenvalue weighted by atomic mass is 16.2. The van der Waals surface area contributed by atoms with Crippen LogP contribution in [0.2, 0.25) is 0 Å². The van der Waals surface area contributed by atoms with Gasteiger partial charge in [0, 0.05) is 19.1 Å². The van der Waals surface area contributed by atoms with Crippen molar-refractivity contribution >= 4 is 29.5 Å². The number of carbonyl (C=O) groups excluding carboxylic acids is 5. The van der Waals surface area contributed by atoms with E-state index in [1.54, 1.807) is 11.0 Å². The number of carbonyl (C=O) groups is 5. The molecule has 3 aliphatic rings. The molecule has 10 nitrogen and oxygen atoms in total. The van der Waals surface area contributed by atoms with Crippen molar-refractivity contribution in [3.8, 4) is 0 Å². The van der Waals surface area contributed by atoms with Crippen molar-refractivity contribution in [3.63, 3.8) is 0 Å². The molecule has 1 aromatic carbocycles. The van der Waals surface area contributed by atoms with Crippen molar-refractivity contribution in [1.29, 1.82) is 0 Å². The summed E-state index contributed by atoms with van der Waals surface area (Å²) >= 11 is 0. The number of rotatable bonds is 15. The molecule has 1 unspecified atom stereocenters. The van der Waals surface area contributed by atoms with Gasteiger partial charge in [-0.1, -0.05) is 64.1 Å². The van der Waals surface area contributed by atoms with E-state index in [0.29, 0.717) is 25.8 Å². The van der Waals surface area contributed by atoms with Gasteiger partial charge in [0.05, 0.1) is 6.04 Å². The molecular weight excluding hydrogens is 570 g/mol. The fourth-order valence-electron chi connectivity index (χ4n) is 7.28. The fraction of sp³-hybridized carbons (Fsp3) is 0.571. The first-order chi connectivity index (χ1) is 21.5. The number of ketones is 1.